The topological polar surface area (TPSA) is 101 Å². The molecule has 0 unspecified atom stereocenters. The smallest absolute Gasteiger partial charge is 0.358 e. The van der Waals surface area contributed by atoms with Crippen LogP contribution in [0.25, 0.3) is 0 Å². The number of carbonyl (C=O) groups excluding carboxylic acids is 1. The Morgan fingerprint density at radius 2 is 2.15 bits per heavy atom. The zero-order chi connectivity index (χ0) is 14.9. The van der Waals surface area contributed by atoms with Crippen molar-refractivity contribution in [2.24, 2.45) is 0 Å². The van der Waals surface area contributed by atoms with Crippen LogP contribution in [0, 0.1) is 17.0 Å². The molecule has 2 rings (SSSR count). The third kappa shape index (κ3) is 2.73. The van der Waals surface area contributed by atoms with Gasteiger partial charge < -0.3 is 15.4 Å². The molecular formula is C11H8Cl2N4O3. The molecule has 0 radical (unpaired) electrons. The maximum absolute atomic E-state index is 12.0. The average Bonchev–Trinajstić information content (AvgIpc) is 2.76. The number of benzene rings is 1. The van der Waals surface area contributed by atoms with Crippen molar-refractivity contribution in [3.8, 4) is 0 Å². The molecule has 0 saturated carbocycles. The predicted octanol–water partition coefficient (Wildman–Crippen LogP) is 3.19. The first kappa shape index (κ1) is 14.3. The van der Waals surface area contributed by atoms with Crippen LogP contribution in [0.2, 0.25) is 10.0 Å². The predicted molar refractivity (Wildman–Crippen MR) is 74.4 cm³/mol. The number of nitro groups is 1. The summed E-state index contributed by atoms with van der Waals surface area (Å²) in [6.07, 6.45) is 0. The van der Waals surface area contributed by atoms with Gasteiger partial charge in [0, 0.05) is 10.7 Å². The highest BCUT2D eigenvalue weighted by Gasteiger charge is 2.25. The van der Waals surface area contributed by atoms with Crippen LogP contribution in [0.5, 0.6) is 0 Å². The summed E-state index contributed by atoms with van der Waals surface area (Å²) in [5.74, 6) is -1.19. The molecule has 0 bridgehead atoms. The normalized spacial score (nSPS) is 10.3. The Bertz CT molecular complexity index is 699. The maximum Gasteiger partial charge on any atom is 0.362 e. The highest BCUT2D eigenvalue weighted by atomic mass is 35.5. The van der Waals surface area contributed by atoms with Crippen molar-refractivity contribution in [3.63, 3.8) is 0 Å². The largest absolute Gasteiger partial charge is 0.362 e. The van der Waals surface area contributed by atoms with Crippen molar-refractivity contribution < 1.29 is 9.72 Å². The van der Waals surface area contributed by atoms with Crippen LogP contribution in [0.3, 0.4) is 0 Å². The van der Waals surface area contributed by atoms with Gasteiger partial charge in [-0.15, -0.1) is 5.10 Å². The lowest BCUT2D eigenvalue weighted by Crippen LogP contribution is -2.13. The number of carbonyl (C=O) groups is 1. The first-order chi connectivity index (χ1) is 9.40. The molecule has 0 fully saturated rings. The van der Waals surface area contributed by atoms with Crippen LogP contribution in [-0.4, -0.2) is 21.0 Å². The molecule has 0 atom stereocenters. The van der Waals surface area contributed by atoms with E-state index in [2.05, 4.69) is 15.5 Å². The third-order valence-electron chi connectivity index (χ3n) is 2.53. The average molecular weight is 315 g/mol. The summed E-state index contributed by atoms with van der Waals surface area (Å²) in [5.41, 5.74) is 1.01. The van der Waals surface area contributed by atoms with E-state index >= 15 is 0 Å². The highest BCUT2D eigenvalue weighted by Crippen LogP contribution is 2.26. The van der Waals surface area contributed by atoms with E-state index in [-0.39, 0.29) is 10.7 Å². The molecule has 0 aliphatic heterocycles. The number of aromatic nitrogens is 2. The lowest BCUT2D eigenvalue weighted by Gasteiger charge is -2.07. The van der Waals surface area contributed by atoms with Crippen LogP contribution in [0.15, 0.2) is 18.2 Å². The molecule has 9 heteroatoms. The molecule has 20 heavy (non-hydrogen) atoms. The molecule has 0 spiro atoms. The highest BCUT2D eigenvalue weighted by molar-refractivity contribution is 6.36. The van der Waals surface area contributed by atoms with Crippen LogP contribution in [-0.2, 0) is 0 Å². The maximum atomic E-state index is 12.0. The van der Waals surface area contributed by atoms with Gasteiger partial charge in [-0.25, -0.2) is 0 Å². The first-order valence-electron chi connectivity index (χ1n) is 5.36. The summed E-state index contributed by atoms with van der Waals surface area (Å²) in [7, 11) is 0. The number of nitrogens with zero attached hydrogens (tertiary/aromatic N) is 2. The number of amides is 1. The number of aryl methyl sites for hydroxylation is 1. The van der Waals surface area contributed by atoms with E-state index in [1.54, 1.807) is 25.1 Å². The molecule has 0 aliphatic carbocycles. The summed E-state index contributed by atoms with van der Waals surface area (Å²) in [5, 5.41) is 18.9. The fraction of sp³-hybridized carbons (Fsp3) is 0.0909. The van der Waals surface area contributed by atoms with Crippen molar-refractivity contribution in [1.82, 2.24) is 10.2 Å². The Morgan fingerprint density at radius 3 is 2.75 bits per heavy atom. The number of hydrogen-bond acceptors (Lipinski definition) is 4. The van der Waals surface area contributed by atoms with E-state index in [9.17, 15) is 14.9 Å². The Hall–Kier alpha value is -2.12. The molecule has 1 amide bonds. The number of aromatic amines is 1. The van der Waals surface area contributed by atoms with Crippen molar-refractivity contribution in [2.75, 3.05) is 5.32 Å². The van der Waals surface area contributed by atoms with Crippen LogP contribution in [0.1, 0.15) is 16.1 Å². The number of hydrogen-bond donors (Lipinski definition) is 2. The van der Waals surface area contributed by atoms with E-state index in [1.165, 1.54) is 0 Å². The fourth-order valence-corrected chi connectivity index (χ4v) is 1.91. The number of anilines is 1. The second-order valence-electron chi connectivity index (χ2n) is 3.91. The van der Waals surface area contributed by atoms with Crippen molar-refractivity contribution in [3.05, 3.63) is 49.6 Å². The first-order valence-corrected chi connectivity index (χ1v) is 6.11. The minimum absolute atomic E-state index is 0.252. The number of rotatable bonds is 3. The standard InChI is InChI=1S/C11H8Cl2N4O3/c1-5-2-3-6(12)4-7(5)14-11(18)9-8(13)10(16-15-9)17(19)20/h2-4H,1H3,(H,14,18)(H,15,16). The molecule has 0 saturated heterocycles. The van der Waals surface area contributed by atoms with Gasteiger partial charge in [0.1, 0.15) is 0 Å². The summed E-state index contributed by atoms with van der Waals surface area (Å²) >= 11 is 11.6. The Balaban J connectivity index is 2.29. The van der Waals surface area contributed by atoms with Crippen LogP contribution < -0.4 is 5.32 Å². The van der Waals surface area contributed by atoms with Gasteiger partial charge in [-0.2, -0.15) is 0 Å². The van der Waals surface area contributed by atoms with Gasteiger partial charge in [-0.05, 0) is 29.5 Å². The minimum atomic E-state index is -0.753. The Kier molecular flexibility index (Phi) is 3.91. The lowest BCUT2D eigenvalue weighted by molar-refractivity contribution is -0.389. The zero-order valence-electron chi connectivity index (χ0n) is 10.1. The molecule has 0 aliphatic rings. The Morgan fingerprint density at radius 1 is 1.45 bits per heavy atom. The third-order valence-corrected chi connectivity index (χ3v) is 3.13. The van der Waals surface area contributed by atoms with Gasteiger partial charge in [0.2, 0.25) is 0 Å². The number of nitrogens with one attached hydrogen (secondary N) is 2. The van der Waals surface area contributed by atoms with Crippen molar-refractivity contribution in [1.29, 1.82) is 0 Å². The summed E-state index contributed by atoms with van der Waals surface area (Å²) in [6, 6.07) is 4.97. The molecule has 2 aromatic rings. The summed E-state index contributed by atoms with van der Waals surface area (Å²) in [6.45, 7) is 1.78. The van der Waals surface area contributed by atoms with Crippen LogP contribution in [0.4, 0.5) is 11.5 Å². The molecular weight excluding hydrogens is 307 g/mol. The van der Waals surface area contributed by atoms with Gasteiger partial charge in [0.05, 0.1) is 0 Å². The molecule has 1 aromatic carbocycles. The van der Waals surface area contributed by atoms with E-state index in [4.69, 9.17) is 23.2 Å². The second-order valence-corrected chi connectivity index (χ2v) is 4.72. The monoisotopic (exact) mass is 314 g/mol. The van der Waals surface area contributed by atoms with Gasteiger partial charge in [0.25, 0.3) is 5.91 Å². The summed E-state index contributed by atoms with van der Waals surface area (Å²) < 4.78 is 0. The minimum Gasteiger partial charge on any atom is -0.358 e. The number of halogens is 2. The van der Waals surface area contributed by atoms with Gasteiger partial charge in [-0.3, -0.25) is 4.79 Å². The fourth-order valence-electron chi connectivity index (χ4n) is 1.50. The van der Waals surface area contributed by atoms with E-state index in [0.29, 0.717) is 10.7 Å². The van der Waals surface area contributed by atoms with E-state index in [0.717, 1.165) is 5.56 Å². The van der Waals surface area contributed by atoms with Gasteiger partial charge >= 0.3 is 5.82 Å². The molecule has 1 aromatic heterocycles. The molecule has 2 N–H and O–H groups in total. The lowest BCUT2D eigenvalue weighted by atomic mass is 10.2. The van der Waals surface area contributed by atoms with Gasteiger partial charge in [-0.1, -0.05) is 34.4 Å². The van der Waals surface area contributed by atoms with E-state index in [1.807, 2.05) is 0 Å². The second kappa shape index (κ2) is 5.48. The SMILES string of the molecule is Cc1ccc(Cl)cc1NC(=O)c1n[nH]c([N+](=O)[O-])c1Cl. The molecule has 7 nitrogen and oxygen atoms in total. The number of H-pyrrole nitrogens is 1. The summed E-state index contributed by atoms with van der Waals surface area (Å²) in [4.78, 5) is 21.9. The van der Waals surface area contributed by atoms with Crippen LogP contribution >= 0.6 is 23.2 Å². The van der Waals surface area contributed by atoms with Crippen molar-refractivity contribution >= 4 is 40.6 Å². The van der Waals surface area contributed by atoms with E-state index < -0.39 is 16.6 Å². The zero-order valence-corrected chi connectivity index (χ0v) is 11.6. The Labute approximate surface area is 123 Å². The molecule has 104 valence electrons. The van der Waals surface area contributed by atoms with Crippen molar-refractivity contribution in [2.45, 2.75) is 6.92 Å². The molecule has 1 heterocycles. The quantitative estimate of drug-likeness (QED) is 0.671. The van der Waals surface area contributed by atoms with Gasteiger partial charge in [0.15, 0.2) is 10.7 Å².